The minimum absolute atomic E-state index is 0.122. The van der Waals surface area contributed by atoms with Crippen LogP contribution in [0.15, 0.2) is 5.16 Å². The summed E-state index contributed by atoms with van der Waals surface area (Å²) in [6, 6.07) is 0. The van der Waals surface area contributed by atoms with Crippen molar-refractivity contribution in [3.8, 4) is 5.88 Å². The average molecular weight is 211 g/mol. The lowest BCUT2D eigenvalue weighted by Crippen LogP contribution is -2.01. The zero-order valence-electron chi connectivity index (χ0n) is 9.77. The van der Waals surface area contributed by atoms with Crippen LogP contribution in [0.2, 0.25) is 0 Å². The van der Waals surface area contributed by atoms with Gasteiger partial charge in [0.2, 0.25) is 5.88 Å². The number of hydrogen-bond donors (Lipinski definition) is 1. The lowest BCUT2D eigenvalue weighted by molar-refractivity contribution is 0.213. The molecule has 15 heavy (non-hydrogen) atoms. The van der Waals surface area contributed by atoms with Crippen LogP contribution >= 0.6 is 0 Å². The number of aromatic hydroxyl groups is 1. The highest BCUT2D eigenvalue weighted by molar-refractivity contribution is 6.01. The molecule has 84 valence electrons. The third kappa shape index (κ3) is 2.11. The third-order valence-corrected chi connectivity index (χ3v) is 2.18. The SMILES string of the molecule is CO/N=C(\C)c1c(C(C)C)nn(C)c1O. The molecule has 0 unspecified atom stereocenters. The minimum atomic E-state index is 0.122. The van der Waals surface area contributed by atoms with Crippen LogP contribution in [0.3, 0.4) is 0 Å². The Hall–Kier alpha value is -1.52. The minimum Gasteiger partial charge on any atom is -0.493 e. The molecule has 0 saturated heterocycles. The van der Waals surface area contributed by atoms with Gasteiger partial charge in [-0.2, -0.15) is 5.10 Å². The van der Waals surface area contributed by atoms with Gasteiger partial charge in [0.1, 0.15) is 7.11 Å². The van der Waals surface area contributed by atoms with Gasteiger partial charge in [0.05, 0.1) is 17.0 Å². The Morgan fingerprint density at radius 3 is 2.60 bits per heavy atom. The third-order valence-electron chi connectivity index (χ3n) is 2.18. The van der Waals surface area contributed by atoms with Gasteiger partial charge in [0, 0.05) is 7.05 Å². The molecule has 1 N–H and O–H groups in total. The molecule has 0 saturated carbocycles. The first-order valence-corrected chi connectivity index (χ1v) is 4.83. The normalized spacial score (nSPS) is 12.3. The van der Waals surface area contributed by atoms with Gasteiger partial charge in [-0.05, 0) is 12.8 Å². The van der Waals surface area contributed by atoms with E-state index >= 15 is 0 Å². The molecule has 0 aromatic carbocycles. The number of aryl methyl sites for hydroxylation is 1. The Labute approximate surface area is 89.4 Å². The summed E-state index contributed by atoms with van der Waals surface area (Å²) in [4.78, 5) is 4.70. The number of hydrogen-bond acceptors (Lipinski definition) is 4. The first-order chi connectivity index (χ1) is 6.99. The molecule has 1 aromatic heterocycles. The zero-order valence-corrected chi connectivity index (χ0v) is 9.77. The van der Waals surface area contributed by atoms with Crippen LogP contribution in [0.25, 0.3) is 0 Å². The lowest BCUT2D eigenvalue weighted by Gasteiger charge is -2.04. The van der Waals surface area contributed by atoms with E-state index in [1.165, 1.54) is 11.8 Å². The molecule has 0 radical (unpaired) electrons. The number of aromatic nitrogens is 2. The first kappa shape index (κ1) is 11.6. The molecule has 1 rings (SSSR count). The molecule has 0 spiro atoms. The smallest absolute Gasteiger partial charge is 0.218 e. The van der Waals surface area contributed by atoms with Crippen molar-refractivity contribution in [1.29, 1.82) is 0 Å². The maximum Gasteiger partial charge on any atom is 0.218 e. The molecule has 0 bridgehead atoms. The summed E-state index contributed by atoms with van der Waals surface area (Å²) in [5, 5.41) is 17.9. The molecule has 0 amide bonds. The van der Waals surface area contributed by atoms with Crippen molar-refractivity contribution in [2.75, 3.05) is 7.11 Å². The Morgan fingerprint density at radius 1 is 1.53 bits per heavy atom. The average Bonchev–Trinajstić information content (AvgIpc) is 2.44. The van der Waals surface area contributed by atoms with E-state index in [4.69, 9.17) is 4.84 Å². The standard InChI is InChI=1S/C10H17N3O2/c1-6(2)9-8(7(3)12-15-5)10(14)13(4)11-9/h6,14H,1-5H3/b12-7+. The number of nitrogens with zero attached hydrogens (tertiary/aromatic N) is 3. The quantitative estimate of drug-likeness (QED) is 0.610. The van der Waals surface area contributed by atoms with Crippen LogP contribution in [0.4, 0.5) is 0 Å². The Morgan fingerprint density at radius 2 is 2.13 bits per heavy atom. The molecular weight excluding hydrogens is 194 g/mol. The van der Waals surface area contributed by atoms with E-state index in [1.807, 2.05) is 13.8 Å². The maximum absolute atomic E-state index is 9.83. The van der Waals surface area contributed by atoms with Gasteiger partial charge in [-0.1, -0.05) is 19.0 Å². The van der Waals surface area contributed by atoms with Gasteiger partial charge in [-0.25, -0.2) is 4.68 Å². The largest absolute Gasteiger partial charge is 0.493 e. The zero-order chi connectivity index (χ0) is 11.6. The predicted octanol–water partition coefficient (Wildman–Crippen LogP) is 1.62. The fourth-order valence-corrected chi connectivity index (χ4v) is 1.47. The summed E-state index contributed by atoms with van der Waals surface area (Å²) in [5.41, 5.74) is 2.12. The van der Waals surface area contributed by atoms with Crippen molar-refractivity contribution in [2.45, 2.75) is 26.7 Å². The fourth-order valence-electron chi connectivity index (χ4n) is 1.47. The predicted molar refractivity (Wildman–Crippen MR) is 58.2 cm³/mol. The van der Waals surface area contributed by atoms with Crippen LogP contribution < -0.4 is 0 Å². The molecule has 0 aliphatic heterocycles. The van der Waals surface area contributed by atoms with Crippen molar-refractivity contribution >= 4 is 5.71 Å². The second kappa shape index (κ2) is 4.33. The highest BCUT2D eigenvalue weighted by atomic mass is 16.6. The van der Waals surface area contributed by atoms with E-state index < -0.39 is 0 Å². The van der Waals surface area contributed by atoms with Crippen molar-refractivity contribution < 1.29 is 9.94 Å². The van der Waals surface area contributed by atoms with Crippen molar-refractivity contribution in [3.05, 3.63) is 11.3 Å². The lowest BCUT2D eigenvalue weighted by atomic mass is 10.0. The van der Waals surface area contributed by atoms with Gasteiger partial charge in [0.15, 0.2) is 0 Å². The highest BCUT2D eigenvalue weighted by Crippen LogP contribution is 2.26. The molecule has 5 nitrogen and oxygen atoms in total. The molecule has 0 atom stereocenters. The van der Waals surface area contributed by atoms with Crippen LogP contribution in [0, 0.1) is 0 Å². The number of rotatable bonds is 3. The molecule has 0 aliphatic rings. The topological polar surface area (TPSA) is 59.6 Å². The monoisotopic (exact) mass is 211 g/mol. The van der Waals surface area contributed by atoms with Gasteiger partial charge < -0.3 is 9.94 Å². The highest BCUT2D eigenvalue weighted by Gasteiger charge is 2.20. The van der Waals surface area contributed by atoms with E-state index in [9.17, 15) is 5.11 Å². The van der Waals surface area contributed by atoms with Crippen LogP contribution in [0.1, 0.15) is 37.9 Å². The second-order valence-corrected chi connectivity index (χ2v) is 3.72. The van der Waals surface area contributed by atoms with E-state index in [0.717, 1.165) is 5.69 Å². The van der Waals surface area contributed by atoms with E-state index in [2.05, 4.69) is 10.3 Å². The van der Waals surface area contributed by atoms with Crippen LogP contribution in [-0.2, 0) is 11.9 Å². The summed E-state index contributed by atoms with van der Waals surface area (Å²) in [5.74, 6) is 0.353. The summed E-state index contributed by atoms with van der Waals surface area (Å²) in [6.07, 6.45) is 0. The van der Waals surface area contributed by atoms with Crippen molar-refractivity contribution in [3.63, 3.8) is 0 Å². The van der Waals surface area contributed by atoms with Crippen molar-refractivity contribution in [2.24, 2.45) is 12.2 Å². The maximum atomic E-state index is 9.83. The van der Waals surface area contributed by atoms with Gasteiger partial charge in [-0.15, -0.1) is 0 Å². The fraction of sp³-hybridized carbons (Fsp3) is 0.600. The summed E-state index contributed by atoms with van der Waals surface area (Å²) in [6.45, 7) is 5.82. The molecule has 1 heterocycles. The van der Waals surface area contributed by atoms with Crippen LogP contribution in [0.5, 0.6) is 5.88 Å². The van der Waals surface area contributed by atoms with Gasteiger partial charge in [0.25, 0.3) is 0 Å². The Bertz CT molecular complexity index is 380. The van der Waals surface area contributed by atoms with E-state index in [-0.39, 0.29) is 11.8 Å². The number of oxime groups is 1. The molecule has 0 aliphatic carbocycles. The van der Waals surface area contributed by atoms with E-state index in [0.29, 0.717) is 11.3 Å². The first-order valence-electron chi connectivity index (χ1n) is 4.83. The molecule has 1 aromatic rings. The molecule has 5 heteroatoms. The van der Waals surface area contributed by atoms with Gasteiger partial charge in [-0.3, -0.25) is 0 Å². The van der Waals surface area contributed by atoms with E-state index in [1.54, 1.807) is 14.0 Å². The molecular formula is C10H17N3O2. The van der Waals surface area contributed by atoms with Gasteiger partial charge >= 0.3 is 0 Å². The van der Waals surface area contributed by atoms with Crippen molar-refractivity contribution in [1.82, 2.24) is 9.78 Å². The molecule has 0 fully saturated rings. The Balaban J connectivity index is 3.31. The Kier molecular flexibility index (Phi) is 3.34. The summed E-state index contributed by atoms with van der Waals surface area (Å²) >= 11 is 0. The second-order valence-electron chi connectivity index (χ2n) is 3.72. The van der Waals surface area contributed by atoms with Crippen LogP contribution in [-0.4, -0.2) is 27.7 Å². The summed E-state index contributed by atoms with van der Waals surface area (Å²) < 4.78 is 1.44. The summed E-state index contributed by atoms with van der Waals surface area (Å²) in [7, 11) is 3.18.